The maximum atomic E-state index is 12.4. The molecule has 0 saturated carbocycles. The molecule has 0 aromatic carbocycles. The summed E-state index contributed by atoms with van der Waals surface area (Å²) in [5.74, 6) is -0.456. The van der Waals surface area contributed by atoms with Crippen LogP contribution in [0.4, 0.5) is 0 Å². The summed E-state index contributed by atoms with van der Waals surface area (Å²) < 4.78 is 5.50. The topological polar surface area (TPSA) is 63.7 Å². The molecule has 1 aliphatic heterocycles. The van der Waals surface area contributed by atoms with Gasteiger partial charge in [-0.3, -0.25) is 19.3 Å². The minimum absolute atomic E-state index is 0.127. The van der Waals surface area contributed by atoms with Gasteiger partial charge in [-0.05, 0) is 51.9 Å². The SMILES string of the molecule is CCC(C)(C(=O)OCCCCCCN1C(=O)C(C)=C(C)C1=O)C(C)(C)C. The van der Waals surface area contributed by atoms with E-state index in [2.05, 4.69) is 20.8 Å². The molecule has 0 aromatic rings. The Hall–Kier alpha value is -1.65. The maximum absolute atomic E-state index is 12.4. The first-order valence-electron chi connectivity index (χ1n) is 9.68. The predicted octanol–water partition coefficient (Wildman–Crippen LogP) is 4.26. The summed E-state index contributed by atoms with van der Waals surface area (Å²) in [5, 5.41) is 0. The van der Waals surface area contributed by atoms with Crippen molar-refractivity contribution in [1.29, 1.82) is 0 Å². The molecule has 1 aliphatic rings. The van der Waals surface area contributed by atoms with E-state index in [1.165, 1.54) is 4.90 Å². The number of carbonyl (C=O) groups is 3. The van der Waals surface area contributed by atoms with E-state index in [1.807, 2.05) is 13.8 Å². The molecule has 0 radical (unpaired) electrons. The highest BCUT2D eigenvalue weighted by Gasteiger charge is 2.43. The molecule has 1 unspecified atom stereocenters. The lowest BCUT2D eigenvalue weighted by Gasteiger charge is -2.38. The normalized spacial score (nSPS) is 17.7. The van der Waals surface area contributed by atoms with Crippen LogP contribution in [0.5, 0.6) is 0 Å². The number of hydrogen-bond donors (Lipinski definition) is 0. The van der Waals surface area contributed by atoms with Gasteiger partial charge >= 0.3 is 5.97 Å². The summed E-state index contributed by atoms with van der Waals surface area (Å²) in [6.07, 6.45) is 4.14. The first kappa shape index (κ1) is 22.4. The van der Waals surface area contributed by atoms with Crippen molar-refractivity contribution in [3.63, 3.8) is 0 Å². The molecule has 0 bridgehead atoms. The lowest BCUT2D eigenvalue weighted by molar-refractivity contribution is -0.162. The van der Waals surface area contributed by atoms with Crippen molar-refractivity contribution in [2.24, 2.45) is 10.8 Å². The van der Waals surface area contributed by atoms with Gasteiger partial charge in [-0.1, -0.05) is 34.1 Å². The van der Waals surface area contributed by atoms with Crippen LogP contribution in [0.3, 0.4) is 0 Å². The molecule has 26 heavy (non-hydrogen) atoms. The van der Waals surface area contributed by atoms with Gasteiger partial charge in [-0.15, -0.1) is 0 Å². The molecule has 2 amide bonds. The second kappa shape index (κ2) is 8.83. The van der Waals surface area contributed by atoms with Crippen molar-refractivity contribution in [2.45, 2.75) is 80.6 Å². The number of nitrogens with zero attached hydrogens (tertiary/aromatic N) is 1. The number of esters is 1. The predicted molar refractivity (Wildman–Crippen MR) is 102 cm³/mol. The molecule has 0 N–H and O–H groups in total. The van der Waals surface area contributed by atoms with E-state index in [4.69, 9.17) is 4.74 Å². The van der Waals surface area contributed by atoms with Crippen molar-refractivity contribution >= 4 is 17.8 Å². The Morgan fingerprint density at radius 3 is 1.88 bits per heavy atom. The number of unbranched alkanes of at least 4 members (excludes halogenated alkanes) is 3. The van der Waals surface area contributed by atoms with Crippen molar-refractivity contribution in [2.75, 3.05) is 13.2 Å². The minimum atomic E-state index is -0.480. The van der Waals surface area contributed by atoms with Crippen molar-refractivity contribution in [3.8, 4) is 0 Å². The fourth-order valence-corrected chi connectivity index (χ4v) is 3.05. The van der Waals surface area contributed by atoms with Crippen LogP contribution in [0, 0.1) is 10.8 Å². The molecule has 0 aliphatic carbocycles. The summed E-state index contributed by atoms with van der Waals surface area (Å²) in [5.41, 5.74) is 0.490. The van der Waals surface area contributed by atoms with Gasteiger partial charge in [0.15, 0.2) is 0 Å². The Bertz CT molecular complexity index is 561. The molecule has 0 spiro atoms. The summed E-state index contributed by atoms with van der Waals surface area (Å²) in [7, 11) is 0. The minimum Gasteiger partial charge on any atom is -0.465 e. The number of amides is 2. The molecule has 148 valence electrons. The van der Waals surface area contributed by atoms with Gasteiger partial charge in [0.05, 0.1) is 12.0 Å². The van der Waals surface area contributed by atoms with Gasteiger partial charge in [-0.25, -0.2) is 0 Å². The molecule has 1 heterocycles. The van der Waals surface area contributed by atoms with Crippen molar-refractivity contribution in [3.05, 3.63) is 11.1 Å². The highest BCUT2D eigenvalue weighted by molar-refractivity contribution is 6.18. The fraction of sp³-hybridized carbons (Fsp3) is 0.762. The molecule has 0 saturated heterocycles. The van der Waals surface area contributed by atoms with Crippen LogP contribution in [0.2, 0.25) is 0 Å². The lowest BCUT2D eigenvalue weighted by Crippen LogP contribution is -2.41. The van der Waals surface area contributed by atoms with E-state index in [0.717, 1.165) is 32.1 Å². The Kier molecular flexibility index (Phi) is 7.60. The largest absolute Gasteiger partial charge is 0.465 e. The van der Waals surface area contributed by atoms with Crippen LogP contribution in [-0.4, -0.2) is 35.8 Å². The van der Waals surface area contributed by atoms with Crippen LogP contribution in [-0.2, 0) is 19.1 Å². The smallest absolute Gasteiger partial charge is 0.312 e. The second-order valence-electron chi connectivity index (χ2n) is 8.50. The number of rotatable bonds is 9. The standard InChI is InChI=1S/C21H35NO4/c1-8-21(7,20(4,5)6)19(25)26-14-12-10-9-11-13-22-17(23)15(2)16(3)18(22)24/h8-14H2,1-7H3. The molecule has 1 atom stereocenters. The molecule has 0 aromatic heterocycles. The fourth-order valence-electron chi connectivity index (χ4n) is 3.05. The zero-order valence-electron chi connectivity index (χ0n) is 17.5. The number of carbonyl (C=O) groups excluding carboxylic acids is 3. The Balaban J connectivity index is 2.26. The van der Waals surface area contributed by atoms with Crippen LogP contribution in [0.15, 0.2) is 11.1 Å². The molecular formula is C21H35NO4. The molecule has 0 fully saturated rings. The van der Waals surface area contributed by atoms with Crippen molar-refractivity contribution in [1.82, 2.24) is 4.90 Å². The molecule has 5 heteroatoms. The zero-order chi connectivity index (χ0) is 20.1. The Morgan fingerprint density at radius 2 is 1.42 bits per heavy atom. The summed E-state index contributed by atoms with van der Waals surface area (Å²) in [6.45, 7) is 14.5. The zero-order valence-corrected chi connectivity index (χ0v) is 17.5. The van der Waals surface area contributed by atoms with E-state index >= 15 is 0 Å². The maximum Gasteiger partial charge on any atom is 0.312 e. The number of hydrogen-bond acceptors (Lipinski definition) is 4. The van der Waals surface area contributed by atoms with Crippen LogP contribution < -0.4 is 0 Å². The average Bonchev–Trinajstić information content (AvgIpc) is 2.76. The van der Waals surface area contributed by atoms with Gasteiger partial charge in [0.1, 0.15) is 0 Å². The first-order valence-corrected chi connectivity index (χ1v) is 9.68. The molecular weight excluding hydrogens is 330 g/mol. The van der Waals surface area contributed by atoms with Crippen LogP contribution >= 0.6 is 0 Å². The Labute approximate surface area is 158 Å². The monoisotopic (exact) mass is 365 g/mol. The van der Waals surface area contributed by atoms with E-state index in [9.17, 15) is 14.4 Å². The van der Waals surface area contributed by atoms with Gasteiger partial charge < -0.3 is 4.74 Å². The third-order valence-electron chi connectivity index (χ3n) is 6.02. The quantitative estimate of drug-likeness (QED) is 0.348. The van der Waals surface area contributed by atoms with E-state index in [0.29, 0.717) is 24.3 Å². The molecule has 1 rings (SSSR count). The lowest BCUT2D eigenvalue weighted by atomic mass is 9.66. The highest BCUT2D eigenvalue weighted by atomic mass is 16.5. The first-order chi connectivity index (χ1) is 12.0. The molecule has 5 nitrogen and oxygen atoms in total. The third kappa shape index (κ3) is 4.74. The highest BCUT2D eigenvalue weighted by Crippen LogP contribution is 2.42. The van der Waals surface area contributed by atoms with Gasteiger partial charge in [0.25, 0.3) is 11.8 Å². The number of ether oxygens (including phenoxy) is 1. The summed E-state index contributed by atoms with van der Waals surface area (Å²) >= 11 is 0. The Morgan fingerprint density at radius 1 is 0.923 bits per heavy atom. The average molecular weight is 366 g/mol. The van der Waals surface area contributed by atoms with E-state index < -0.39 is 5.41 Å². The third-order valence-corrected chi connectivity index (χ3v) is 6.02. The summed E-state index contributed by atoms with van der Waals surface area (Å²) in [4.78, 5) is 37.7. The van der Waals surface area contributed by atoms with E-state index in [1.54, 1.807) is 13.8 Å². The van der Waals surface area contributed by atoms with Crippen LogP contribution in [0.25, 0.3) is 0 Å². The van der Waals surface area contributed by atoms with Gasteiger partial charge in [-0.2, -0.15) is 0 Å². The summed E-state index contributed by atoms with van der Waals surface area (Å²) in [6, 6.07) is 0. The number of imide groups is 1. The second-order valence-corrected chi connectivity index (χ2v) is 8.50. The van der Waals surface area contributed by atoms with Gasteiger partial charge in [0.2, 0.25) is 0 Å². The van der Waals surface area contributed by atoms with E-state index in [-0.39, 0.29) is 23.2 Å². The van der Waals surface area contributed by atoms with Gasteiger partial charge in [0, 0.05) is 17.7 Å². The van der Waals surface area contributed by atoms with Crippen LogP contribution in [0.1, 0.15) is 80.6 Å². The van der Waals surface area contributed by atoms with Crippen molar-refractivity contribution < 1.29 is 19.1 Å².